The summed E-state index contributed by atoms with van der Waals surface area (Å²) in [6, 6.07) is 25.1. The molecule has 29 heavy (non-hydrogen) atoms. The van der Waals surface area contributed by atoms with Crippen LogP contribution in [0.1, 0.15) is 22.3 Å². The third-order valence-electron chi connectivity index (χ3n) is 5.53. The minimum atomic E-state index is 0.798. The molecule has 0 saturated carbocycles. The van der Waals surface area contributed by atoms with E-state index in [4.69, 9.17) is 14.7 Å². The molecule has 3 aromatic carbocycles. The Morgan fingerprint density at radius 2 is 1.66 bits per heavy atom. The lowest BCUT2D eigenvalue weighted by atomic mass is 9.87. The zero-order valence-electron chi connectivity index (χ0n) is 16.6. The zero-order chi connectivity index (χ0) is 19.8. The number of aryl methyl sites for hydroxylation is 1. The molecule has 0 radical (unpaired) electrons. The van der Waals surface area contributed by atoms with Gasteiger partial charge in [-0.15, -0.1) is 0 Å². The number of nitrogens with zero attached hydrogens (tertiary/aromatic N) is 2. The summed E-state index contributed by atoms with van der Waals surface area (Å²) in [7, 11) is 1.69. The van der Waals surface area contributed by atoms with Crippen LogP contribution >= 0.6 is 0 Å². The van der Waals surface area contributed by atoms with Crippen LogP contribution in [0.4, 0.5) is 0 Å². The van der Waals surface area contributed by atoms with Crippen molar-refractivity contribution >= 4 is 16.6 Å². The normalized spacial score (nSPS) is 13.1. The first-order chi connectivity index (χ1) is 14.2. The summed E-state index contributed by atoms with van der Waals surface area (Å²) < 4.78 is 5.35. The summed E-state index contributed by atoms with van der Waals surface area (Å²) in [5.74, 6) is 0.844. The molecular formula is C26H22N2O. The SMILES string of the molecule is COc1ccc(-c2nc3ccc(C)cc3c3c2C(c2ccccc2)=NCC3)cc1. The lowest BCUT2D eigenvalue weighted by Gasteiger charge is -2.23. The standard InChI is InChI=1S/C26H22N2O/c1-17-8-13-23-22(16-17)21-14-15-27-25(18-6-4-3-5-7-18)24(21)26(28-23)19-9-11-20(29-2)12-10-19/h3-13,16H,14-15H2,1-2H3. The molecule has 0 saturated heterocycles. The average molecular weight is 378 g/mol. The Morgan fingerprint density at radius 1 is 0.862 bits per heavy atom. The summed E-state index contributed by atoms with van der Waals surface area (Å²) in [4.78, 5) is 10.1. The summed E-state index contributed by atoms with van der Waals surface area (Å²) in [5, 5.41) is 1.24. The quantitative estimate of drug-likeness (QED) is 0.464. The molecule has 1 aliphatic heterocycles. The maximum atomic E-state index is 5.35. The maximum Gasteiger partial charge on any atom is 0.118 e. The molecule has 0 bridgehead atoms. The predicted octanol–water partition coefficient (Wildman–Crippen LogP) is 5.61. The minimum Gasteiger partial charge on any atom is -0.497 e. The average Bonchev–Trinajstić information content (AvgIpc) is 2.79. The second-order valence-corrected chi connectivity index (χ2v) is 7.41. The molecule has 3 nitrogen and oxygen atoms in total. The molecule has 0 spiro atoms. The van der Waals surface area contributed by atoms with Gasteiger partial charge in [0.25, 0.3) is 0 Å². The van der Waals surface area contributed by atoms with Crippen LogP contribution in [0.3, 0.4) is 0 Å². The first kappa shape index (κ1) is 17.6. The van der Waals surface area contributed by atoms with E-state index in [9.17, 15) is 0 Å². The van der Waals surface area contributed by atoms with Gasteiger partial charge in [-0.25, -0.2) is 4.98 Å². The van der Waals surface area contributed by atoms with E-state index < -0.39 is 0 Å². The largest absolute Gasteiger partial charge is 0.497 e. The van der Waals surface area contributed by atoms with Crippen LogP contribution in [0.5, 0.6) is 5.75 Å². The van der Waals surface area contributed by atoms with E-state index in [2.05, 4.69) is 61.5 Å². The molecule has 2 heterocycles. The lowest BCUT2D eigenvalue weighted by Crippen LogP contribution is -2.17. The van der Waals surface area contributed by atoms with Crippen LogP contribution in [0.15, 0.2) is 77.8 Å². The highest BCUT2D eigenvalue weighted by molar-refractivity contribution is 6.19. The van der Waals surface area contributed by atoms with Gasteiger partial charge in [-0.3, -0.25) is 4.99 Å². The molecule has 0 N–H and O–H groups in total. The van der Waals surface area contributed by atoms with E-state index >= 15 is 0 Å². The number of rotatable bonds is 3. The summed E-state index contributed by atoms with van der Waals surface area (Å²) in [6.07, 6.45) is 0.928. The van der Waals surface area contributed by atoms with Crippen LogP contribution in [0, 0.1) is 6.92 Å². The Hall–Kier alpha value is -3.46. The van der Waals surface area contributed by atoms with E-state index in [1.807, 2.05) is 18.2 Å². The van der Waals surface area contributed by atoms with Gasteiger partial charge >= 0.3 is 0 Å². The number of fused-ring (bicyclic) bond motifs is 3. The molecule has 0 fully saturated rings. The summed E-state index contributed by atoms with van der Waals surface area (Å²) >= 11 is 0. The van der Waals surface area contributed by atoms with Crippen LogP contribution in [0.2, 0.25) is 0 Å². The Balaban J connectivity index is 1.82. The number of hydrogen-bond donors (Lipinski definition) is 0. The maximum absolute atomic E-state index is 5.35. The first-order valence-corrected chi connectivity index (χ1v) is 9.92. The van der Waals surface area contributed by atoms with Crippen molar-refractivity contribution in [3.05, 3.63) is 95.1 Å². The van der Waals surface area contributed by atoms with Crippen LogP contribution < -0.4 is 4.74 Å². The topological polar surface area (TPSA) is 34.5 Å². The molecule has 5 rings (SSSR count). The van der Waals surface area contributed by atoms with Gasteiger partial charge in [0.05, 0.1) is 24.0 Å². The Kier molecular flexibility index (Phi) is 4.36. The molecule has 4 aromatic rings. The fraction of sp³-hybridized carbons (Fsp3) is 0.154. The molecule has 1 aliphatic rings. The van der Waals surface area contributed by atoms with E-state index in [1.165, 1.54) is 16.5 Å². The van der Waals surface area contributed by atoms with E-state index in [1.54, 1.807) is 7.11 Å². The van der Waals surface area contributed by atoms with Crippen LogP contribution in [-0.2, 0) is 6.42 Å². The van der Waals surface area contributed by atoms with Crippen LogP contribution in [0.25, 0.3) is 22.2 Å². The monoisotopic (exact) mass is 378 g/mol. The predicted molar refractivity (Wildman–Crippen MR) is 119 cm³/mol. The number of aromatic nitrogens is 1. The van der Waals surface area contributed by atoms with Gasteiger partial charge in [0.15, 0.2) is 0 Å². The van der Waals surface area contributed by atoms with Crippen molar-refractivity contribution in [3.8, 4) is 17.0 Å². The van der Waals surface area contributed by atoms with E-state index in [0.717, 1.165) is 52.3 Å². The lowest BCUT2D eigenvalue weighted by molar-refractivity contribution is 0.415. The molecular weight excluding hydrogens is 356 g/mol. The van der Waals surface area contributed by atoms with Gasteiger partial charge in [0, 0.05) is 28.6 Å². The first-order valence-electron chi connectivity index (χ1n) is 9.92. The number of hydrogen-bond acceptors (Lipinski definition) is 3. The highest BCUT2D eigenvalue weighted by Gasteiger charge is 2.24. The van der Waals surface area contributed by atoms with Crippen molar-refractivity contribution in [2.75, 3.05) is 13.7 Å². The highest BCUT2D eigenvalue weighted by atomic mass is 16.5. The third kappa shape index (κ3) is 3.09. The van der Waals surface area contributed by atoms with Gasteiger partial charge in [-0.2, -0.15) is 0 Å². The molecule has 142 valence electrons. The second kappa shape index (κ2) is 7.17. The smallest absolute Gasteiger partial charge is 0.118 e. The van der Waals surface area contributed by atoms with Crippen molar-refractivity contribution in [1.29, 1.82) is 0 Å². The fourth-order valence-corrected chi connectivity index (χ4v) is 4.11. The highest BCUT2D eigenvalue weighted by Crippen LogP contribution is 2.35. The minimum absolute atomic E-state index is 0.798. The Bertz CT molecular complexity index is 1230. The molecule has 3 heteroatoms. The van der Waals surface area contributed by atoms with Crippen molar-refractivity contribution in [2.45, 2.75) is 13.3 Å². The van der Waals surface area contributed by atoms with Crippen LogP contribution in [-0.4, -0.2) is 24.4 Å². The van der Waals surface area contributed by atoms with Crippen molar-refractivity contribution in [3.63, 3.8) is 0 Å². The third-order valence-corrected chi connectivity index (χ3v) is 5.53. The summed E-state index contributed by atoms with van der Waals surface area (Å²) in [5.41, 5.74) is 9.03. The zero-order valence-corrected chi connectivity index (χ0v) is 16.6. The van der Waals surface area contributed by atoms with Gasteiger partial charge in [-0.05, 0) is 55.3 Å². The number of aliphatic imine (C=N–C) groups is 1. The van der Waals surface area contributed by atoms with Crippen molar-refractivity contribution in [1.82, 2.24) is 4.98 Å². The fourth-order valence-electron chi connectivity index (χ4n) is 4.11. The van der Waals surface area contributed by atoms with Gasteiger partial charge in [-0.1, -0.05) is 42.0 Å². The molecule has 0 aliphatic carbocycles. The summed E-state index contributed by atoms with van der Waals surface area (Å²) in [6.45, 7) is 2.94. The van der Waals surface area contributed by atoms with E-state index in [-0.39, 0.29) is 0 Å². The van der Waals surface area contributed by atoms with Crippen molar-refractivity contribution < 1.29 is 4.74 Å². The van der Waals surface area contributed by atoms with Gasteiger partial charge in [0.2, 0.25) is 0 Å². The Morgan fingerprint density at radius 3 is 2.41 bits per heavy atom. The Labute approximate surface area is 170 Å². The second-order valence-electron chi connectivity index (χ2n) is 7.41. The molecule has 0 atom stereocenters. The molecule has 0 unspecified atom stereocenters. The number of ether oxygens (including phenoxy) is 1. The number of methoxy groups -OCH3 is 1. The number of benzene rings is 3. The van der Waals surface area contributed by atoms with Crippen molar-refractivity contribution in [2.24, 2.45) is 4.99 Å². The van der Waals surface area contributed by atoms with Gasteiger partial charge in [0.1, 0.15) is 5.75 Å². The van der Waals surface area contributed by atoms with Gasteiger partial charge < -0.3 is 4.74 Å². The molecule has 0 amide bonds. The number of pyridine rings is 1. The molecule has 1 aromatic heterocycles. The van der Waals surface area contributed by atoms with E-state index in [0.29, 0.717) is 0 Å².